The lowest BCUT2D eigenvalue weighted by Gasteiger charge is -2.15. The highest BCUT2D eigenvalue weighted by Crippen LogP contribution is 2.32. The van der Waals surface area contributed by atoms with Gasteiger partial charge in [-0.2, -0.15) is 0 Å². The van der Waals surface area contributed by atoms with Crippen LogP contribution in [0.25, 0.3) is 6.08 Å². The lowest BCUT2D eigenvalue weighted by molar-refractivity contribution is -0.125. The van der Waals surface area contributed by atoms with Crippen molar-refractivity contribution in [1.29, 1.82) is 0 Å². The zero-order valence-corrected chi connectivity index (χ0v) is 12.7. The van der Waals surface area contributed by atoms with E-state index in [-0.39, 0.29) is 18.5 Å². The second-order valence-electron chi connectivity index (χ2n) is 5.27. The molecular weight excluding hydrogens is 297 g/mol. The molecule has 0 atom stereocenters. The fourth-order valence-electron chi connectivity index (χ4n) is 2.30. The maximum Gasteiger partial charge on any atom is 0.246 e. The molecule has 23 heavy (non-hydrogen) atoms. The Labute approximate surface area is 133 Å². The van der Waals surface area contributed by atoms with E-state index in [9.17, 15) is 9.18 Å². The third kappa shape index (κ3) is 3.69. The number of nitrogens with zero attached hydrogens (tertiary/aromatic N) is 1. The number of rotatable bonds is 4. The molecule has 0 saturated carbocycles. The smallest absolute Gasteiger partial charge is 0.246 e. The van der Waals surface area contributed by atoms with Gasteiger partial charge in [0.25, 0.3) is 0 Å². The monoisotopic (exact) mass is 313 g/mol. The second kappa shape index (κ2) is 6.52. The number of fused-ring (bicyclic) bond motifs is 1. The van der Waals surface area contributed by atoms with E-state index in [1.807, 2.05) is 18.2 Å². The van der Waals surface area contributed by atoms with Crippen LogP contribution >= 0.6 is 0 Å². The Balaban J connectivity index is 1.63. The van der Waals surface area contributed by atoms with Crippen molar-refractivity contribution in [3.8, 4) is 11.5 Å². The van der Waals surface area contributed by atoms with E-state index in [0.29, 0.717) is 23.6 Å². The molecule has 0 aromatic heterocycles. The summed E-state index contributed by atoms with van der Waals surface area (Å²) >= 11 is 0. The van der Waals surface area contributed by atoms with E-state index < -0.39 is 0 Å². The van der Waals surface area contributed by atoms with Crippen molar-refractivity contribution >= 4 is 12.0 Å². The predicted molar refractivity (Wildman–Crippen MR) is 84.5 cm³/mol. The topological polar surface area (TPSA) is 38.8 Å². The molecule has 0 radical (unpaired) electrons. The molecule has 118 valence electrons. The Morgan fingerprint density at radius 1 is 1.22 bits per heavy atom. The molecule has 1 amide bonds. The van der Waals surface area contributed by atoms with Crippen molar-refractivity contribution in [1.82, 2.24) is 4.90 Å². The fraction of sp³-hybridized carbons (Fsp3) is 0.167. The van der Waals surface area contributed by atoms with E-state index in [1.54, 1.807) is 30.2 Å². The molecule has 0 fully saturated rings. The minimum absolute atomic E-state index is 0.160. The quantitative estimate of drug-likeness (QED) is 0.814. The number of carbonyl (C=O) groups is 1. The minimum atomic E-state index is -0.326. The number of benzene rings is 2. The van der Waals surface area contributed by atoms with Gasteiger partial charge >= 0.3 is 0 Å². The Bertz CT molecular complexity index is 758. The highest BCUT2D eigenvalue weighted by atomic mass is 19.1. The summed E-state index contributed by atoms with van der Waals surface area (Å²) in [7, 11) is 1.71. The van der Waals surface area contributed by atoms with Crippen LogP contribution in [0.5, 0.6) is 11.5 Å². The molecule has 0 spiro atoms. The zero-order valence-electron chi connectivity index (χ0n) is 12.7. The second-order valence-corrected chi connectivity index (χ2v) is 5.27. The van der Waals surface area contributed by atoms with E-state index in [2.05, 4.69) is 0 Å². The molecule has 0 unspecified atom stereocenters. The maximum atomic E-state index is 13.1. The molecule has 0 N–H and O–H groups in total. The van der Waals surface area contributed by atoms with Gasteiger partial charge in [0.05, 0.1) is 0 Å². The first-order chi connectivity index (χ1) is 11.1. The molecular formula is C18H16FNO3. The average molecular weight is 313 g/mol. The summed E-state index contributed by atoms with van der Waals surface area (Å²) in [6.07, 6.45) is 3.03. The van der Waals surface area contributed by atoms with Gasteiger partial charge in [-0.15, -0.1) is 0 Å². The van der Waals surface area contributed by atoms with Crippen molar-refractivity contribution in [2.24, 2.45) is 0 Å². The summed E-state index contributed by atoms with van der Waals surface area (Å²) in [4.78, 5) is 13.7. The van der Waals surface area contributed by atoms with E-state index >= 15 is 0 Å². The van der Waals surface area contributed by atoms with Gasteiger partial charge in [0.15, 0.2) is 11.5 Å². The molecule has 5 heteroatoms. The first kappa shape index (κ1) is 15.1. The fourth-order valence-corrected chi connectivity index (χ4v) is 2.30. The molecule has 0 saturated heterocycles. The molecule has 4 nitrogen and oxygen atoms in total. The number of halogens is 1. The molecule has 1 heterocycles. The number of likely N-dealkylation sites (N-methyl/N-ethyl adjacent to an activating group) is 1. The summed E-state index contributed by atoms with van der Waals surface area (Å²) in [6, 6.07) is 11.7. The van der Waals surface area contributed by atoms with Crippen LogP contribution in [0.4, 0.5) is 4.39 Å². The van der Waals surface area contributed by atoms with Crippen LogP contribution in [0, 0.1) is 5.82 Å². The number of ether oxygens (including phenoxy) is 2. The summed E-state index contributed by atoms with van der Waals surface area (Å²) < 4.78 is 23.7. The Morgan fingerprint density at radius 3 is 2.87 bits per heavy atom. The van der Waals surface area contributed by atoms with Gasteiger partial charge in [-0.1, -0.05) is 18.2 Å². The first-order valence-electron chi connectivity index (χ1n) is 7.19. The van der Waals surface area contributed by atoms with Crippen LogP contribution in [0.1, 0.15) is 11.1 Å². The van der Waals surface area contributed by atoms with Crippen LogP contribution < -0.4 is 9.47 Å². The van der Waals surface area contributed by atoms with Crippen molar-refractivity contribution in [2.45, 2.75) is 6.54 Å². The van der Waals surface area contributed by atoms with Gasteiger partial charge in [-0.05, 0) is 41.5 Å². The molecule has 2 aromatic rings. The first-order valence-corrected chi connectivity index (χ1v) is 7.19. The van der Waals surface area contributed by atoms with Crippen molar-refractivity contribution in [2.75, 3.05) is 13.8 Å². The van der Waals surface area contributed by atoms with Gasteiger partial charge in [0.2, 0.25) is 12.7 Å². The number of hydrogen-bond donors (Lipinski definition) is 0. The molecule has 1 aliphatic rings. The summed E-state index contributed by atoms with van der Waals surface area (Å²) in [5.41, 5.74) is 1.60. The maximum absolute atomic E-state index is 13.1. The van der Waals surface area contributed by atoms with Gasteiger partial charge in [0.1, 0.15) is 5.82 Å². The van der Waals surface area contributed by atoms with E-state index in [1.165, 1.54) is 18.2 Å². The standard InChI is InChI=1S/C18H16FNO3/c1-20(11-14-5-7-16-17(10-14)23-12-22-16)18(21)8-6-13-3-2-4-15(19)9-13/h2-10H,11-12H2,1H3/b8-6+. The third-order valence-corrected chi connectivity index (χ3v) is 3.50. The van der Waals surface area contributed by atoms with Crippen LogP contribution in [-0.4, -0.2) is 24.6 Å². The van der Waals surface area contributed by atoms with Crippen LogP contribution in [0.2, 0.25) is 0 Å². The summed E-state index contributed by atoms with van der Waals surface area (Å²) in [5.74, 6) is 0.924. The number of carbonyl (C=O) groups excluding carboxylic acids is 1. The lowest BCUT2D eigenvalue weighted by atomic mass is 10.2. The summed E-state index contributed by atoms with van der Waals surface area (Å²) in [6.45, 7) is 0.674. The van der Waals surface area contributed by atoms with Gasteiger partial charge in [0, 0.05) is 19.7 Å². The normalized spacial score (nSPS) is 12.6. The Morgan fingerprint density at radius 2 is 2.04 bits per heavy atom. The Kier molecular flexibility index (Phi) is 4.28. The molecule has 2 aromatic carbocycles. The molecule has 0 bridgehead atoms. The lowest BCUT2D eigenvalue weighted by Crippen LogP contribution is -2.24. The van der Waals surface area contributed by atoms with Crippen molar-refractivity contribution < 1.29 is 18.7 Å². The average Bonchev–Trinajstić information content (AvgIpc) is 3.00. The van der Waals surface area contributed by atoms with Crippen LogP contribution in [-0.2, 0) is 11.3 Å². The number of amides is 1. The SMILES string of the molecule is CN(Cc1ccc2c(c1)OCO2)C(=O)/C=C/c1cccc(F)c1. The molecule has 3 rings (SSSR count). The largest absolute Gasteiger partial charge is 0.454 e. The van der Waals surface area contributed by atoms with Crippen molar-refractivity contribution in [3.63, 3.8) is 0 Å². The van der Waals surface area contributed by atoms with E-state index in [0.717, 1.165) is 5.56 Å². The molecule has 1 aliphatic heterocycles. The van der Waals surface area contributed by atoms with E-state index in [4.69, 9.17) is 9.47 Å². The van der Waals surface area contributed by atoms with Crippen LogP contribution in [0.3, 0.4) is 0 Å². The van der Waals surface area contributed by atoms with Gasteiger partial charge < -0.3 is 14.4 Å². The summed E-state index contributed by atoms with van der Waals surface area (Å²) in [5, 5.41) is 0. The van der Waals surface area contributed by atoms with Crippen molar-refractivity contribution in [3.05, 3.63) is 65.5 Å². The van der Waals surface area contributed by atoms with Gasteiger partial charge in [-0.3, -0.25) is 4.79 Å². The van der Waals surface area contributed by atoms with Crippen LogP contribution in [0.15, 0.2) is 48.5 Å². The minimum Gasteiger partial charge on any atom is -0.454 e. The molecule has 0 aliphatic carbocycles. The highest BCUT2D eigenvalue weighted by molar-refractivity contribution is 5.91. The third-order valence-electron chi connectivity index (χ3n) is 3.50. The number of hydrogen-bond acceptors (Lipinski definition) is 3. The van der Waals surface area contributed by atoms with Gasteiger partial charge in [-0.25, -0.2) is 4.39 Å². The highest BCUT2D eigenvalue weighted by Gasteiger charge is 2.14. The predicted octanol–water partition coefficient (Wildman–Crippen LogP) is 3.23. The Hall–Kier alpha value is -2.82. The zero-order chi connectivity index (χ0) is 16.2.